The topological polar surface area (TPSA) is 281 Å². The van der Waals surface area contributed by atoms with Crippen molar-refractivity contribution in [2.75, 3.05) is 89.1 Å². The SMILES string of the molecule is CCCCOC(=O)c1ccc(OCC(COc2ccc(C(=O)OCCCC)cc2)(COc2ccc(C(=O)OCCCC)cc2)Cn2nc3c(-c4ccc(N(c5ccccc5)c5ccccc5)cc4)c4n[n+](CC(COc5ccc(C(=O)OCCCC)cc5)(COc5ccc(C(=O)OCCCC)cc5)COc5ccc(C(=O)OCCCC)cc5)[n-]c4c(-c4ccc(N(c5ccccc5)c5ccccc5)cc4)c3n2)cc1. The van der Waals surface area contributed by atoms with Gasteiger partial charge in [-0.15, -0.1) is 0 Å². The maximum absolute atomic E-state index is 13.5. The number of hydrogen-bond acceptors (Lipinski definition) is 23. The van der Waals surface area contributed by atoms with Gasteiger partial charge in [-0.3, -0.25) is 0 Å². The fourth-order valence-electron chi connectivity index (χ4n) is 16.1. The van der Waals surface area contributed by atoms with E-state index in [0.717, 1.165) is 72.6 Å². The van der Waals surface area contributed by atoms with Gasteiger partial charge in [-0.25, -0.2) is 28.8 Å². The maximum Gasteiger partial charge on any atom is 0.338 e. The number of fused-ring (bicyclic) bond motifs is 2. The van der Waals surface area contributed by atoms with E-state index in [1.165, 1.54) is 0 Å². The van der Waals surface area contributed by atoms with Crippen molar-refractivity contribution in [3.63, 3.8) is 0 Å². The van der Waals surface area contributed by atoms with Crippen LogP contribution < -0.4 is 48.1 Å². The van der Waals surface area contributed by atoms with Crippen LogP contribution in [0.1, 0.15) is 181 Å². The molecule has 0 N–H and O–H groups in total. The van der Waals surface area contributed by atoms with E-state index in [2.05, 4.69) is 82.6 Å². The van der Waals surface area contributed by atoms with Crippen LogP contribution in [0.2, 0.25) is 0 Å². The molecule has 26 heteroatoms. The molecule has 144 heavy (non-hydrogen) atoms. The Morgan fingerprint density at radius 2 is 0.507 bits per heavy atom. The first-order valence-electron chi connectivity index (χ1n) is 49.6. The fraction of sp³-hybridized carbons (Fsp3) is 0.288. The molecule has 0 aliphatic rings. The van der Waals surface area contributed by atoms with Gasteiger partial charge in [0.15, 0.2) is 6.54 Å². The van der Waals surface area contributed by atoms with Crippen LogP contribution in [-0.2, 0) is 41.5 Å². The lowest BCUT2D eigenvalue weighted by atomic mass is 9.91. The number of aromatic nitrogens is 6. The minimum Gasteiger partial charge on any atom is -0.493 e. The summed E-state index contributed by atoms with van der Waals surface area (Å²) in [5, 5.41) is 23.0. The summed E-state index contributed by atoms with van der Waals surface area (Å²) >= 11 is 0. The zero-order chi connectivity index (χ0) is 100. The molecular formula is C118H122N8O18. The number of ether oxygens (including phenoxy) is 12. The molecule has 0 atom stereocenters. The molecule has 0 radical (unpaired) electrons. The second-order valence-electron chi connectivity index (χ2n) is 35.5. The number of nitrogens with zero attached hydrogens (tertiary/aromatic N) is 8. The molecule has 0 unspecified atom stereocenters. The molecule has 0 aliphatic heterocycles. The number of benzene rings is 13. The average molecular weight is 1940 g/mol. The van der Waals surface area contributed by atoms with Gasteiger partial charge in [0.25, 0.3) is 0 Å². The van der Waals surface area contributed by atoms with Gasteiger partial charge in [0.1, 0.15) is 90.6 Å². The van der Waals surface area contributed by atoms with Gasteiger partial charge in [-0.2, -0.15) is 30.0 Å². The highest BCUT2D eigenvalue weighted by molar-refractivity contribution is 6.16. The van der Waals surface area contributed by atoms with E-state index >= 15 is 0 Å². The lowest BCUT2D eigenvalue weighted by molar-refractivity contribution is -0.814. The second kappa shape index (κ2) is 51.3. The van der Waals surface area contributed by atoms with Crippen LogP contribution in [0.5, 0.6) is 34.5 Å². The number of rotatable bonds is 54. The zero-order valence-electron chi connectivity index (χ0n) is 82.3. The number of anilines is 6. The number of unbranched alkanes of at least 4 members (excludes halogenated alkanes) is 6. The second-order valence-corrected chi connectivity index (χ2v) is 35.5. The van der Waals surface area contributed by atoms with Gasteiger partial charge in [0, 0.05) is 56.3 Å². The van der Waals surface area contributed by atoms with E-state index in [4.69, 9.17) is 77.2 Å². The van der Waals surface area contributed by atoms with Crippen molar-refractivity contribution in [3.8, 4) is 56.8 Å². The number of carbonyl (C=O) groups excluding carboxylic acids is 6. The third kappa shape index (κ3) is 27.4. The predicted octanol–water partition coefficient (Wildman–Crippen LogP) is 24.7. The van der Waals surface area contributed by atoms with Crippen LogP contribution >= 0.6 is 0 Å². The molecule has 15 rings (SSSR count). The fourth-order valence-corrected chi connectivity index (χ4v) is 16.1. The average Bonchev–Trinajstić information content (AvgIpc) is 1.56. The van der Waals surface area contributed by atoms with Crippen LogP contribution in [0.4, 0.5) is 34.1 Å². The van der Waals surface area contributed by atoms with Crippen molar-refractivity contribution >= 4 is 92.0 Å². The first-order valence-corrected chi connectivity index (χ1v) is 49.6. The molecule has 0 spiro atoms. The highest BCUT2D eigenvalue weighted by Gasteiger charge is 2.41. The van der Waals surface area contributed by atoms with E-state index in [-0.39, 0.29) is 92.4 Å². The first kappa shape index (κ1) is 102. The third-order valence-electron chi connectivity index (χ3n) is 24.3. The molecule has 0 bridgehead atoms. The predicted molar refractivity (Wildman–Crippen MR) is 554 cm³/mol. The van der Waals surface area contributed by atoms with E-state index in [0.29, 0.717) is 151 Å². The Morgan fingerprint density at radius 3 is 0.757 bits per heavy atom. The van der Waals surface area contributed by atoms with Crippen LogP contribution in [0.3, 0.4) is 0 Å². The van der Waals surface area contributed by atoms with Gasteiger partial charge < -0.3 is 66.6 Å². The standard InChI is InChI=1S/C118H122N8O18/c1-7-13-71-133-111(127)87-43-59-99(60-44-87)139-79-117(80-140-100-61-45-88(46-62-100)112(128)134-72-14-8-2,81-141-101-63-47-89(48-64-101)113(129)135-73-15-9-3)77-123-119-107-105(85-39-55-97(56-40-85)125(93-31-23-19-24-32-93)94-33-25-20-26-34-94)109-110(106(108(107)120-123)86-41-57-98(58-42-86)126(95-35-27-21-28-36-95)96-37-29-22-30-38-96)122-124(121-109)78-118(82-142-102-65-49-90(50-66-102)114(130)136-74-16-10-4,83-143-103-67-51-91(52-68-103)115(131)137-75-17-11-5)84-144-104-69-53-92(54-70-104)116(132)138-76-18-12-6/h19-70H,7-18,71-84H2,1-6H3. The summed E-state index contributed by atoms with van der Waals surface area (Å²) in [5.41, 5.74) is 8.63. The summed E-state index contributed by atoms with van der Waals surface area (Å²) in [6.45, 7) is 12.6. The van der Waals surface area contributed by atoms with Crippen LogP contribution in [0, 0.1) is 10.8 Å². The van der Waals surface area contributed by atoms with Crippen molar-refractivity contribution in [2.45, 2.75) is 132 Å². The highest BCUT2D eigenvalue weighted by atomic mass is 16.6. The Labute approximate surface area is 840 Å². The quantitative estimate of drug-likeness (QED) is 0.0148. The van der Waals surface area contributed by atoms with Gasteiger partial charge in [0.2, 0.25) is 0 Å². The molecule has 0 fully saturated rings. The Morgan fingerprint density at radius 1 is 0.278 bits per heavy atom. The summed E-state index contributed by atoms with van der Waals surface area (Å²) < 4.78 is 75.9. The van der Waals surface area contributed by atoms with E-state index < -0.39 is 46.6 Å². The van der Waals surface area contributed by atoms with Crippen molar-refractivity contribution in [2.24, 2.45) is 10.8 Å². The van der Waals surface area contributed by atoms with Crippen molar-refractivity contribution in [1.82, 2.24) is 25.2 Å². The minimum absolute atomic E-state index is 0.104. The zero-order valence-corrected chi connectivity index (χ0v) is 82.3. The highest BCUT2D eigenvalue weighted by Crippen LogP contribution is 2.45. The summed E-state index contributed by atoms with van der Waals surface area (Å²) in [6, 6.07) is 97.3. The molecule has 0 amide bonds. The lowest BCUT2D eigenvalue weighted by Crippen LogP contribution is -2.55. The van der Waals surface area contributed by atoms with Crippen LogP contribution in [0.25, 0.3) is 44.3 Å². The number of para-hydroxylation sites is 4. The maximum atomic E-state index is 13.5. The molecule has 2 heterocycles. The Kier molecular flexibility index (Phi) is 36.5. The summed E-state index contributed by atoms with van der Waals surface area (Å²) in [6.07, 6.45) is 9.30. The Balaban J connectivity index is 0.948. The van der Waals surface area contributed by atoms with Gasteiger partial charge in [0.05, 0.1) is 85.0 Å². The minimum atomic E-state index is -1.33. The number of esters is 6. The Bertz CT molecular complexity index is 5770. The van der Waals surface area contributed by atoms with E-state index in [9.17, 15) is 28.8 Å². The molecule has 742 valence electrons. The summed E-state index contributed by atoms with van der Waals surface area (Å²) in [5.74, 6) is -0.475. The van der Waals surface area contributed by atoms with Crippen LogP contribution in [0.15, 0.2) is 315 Å². The normalized spacial score (nSPS) is 11.3. The summed E-state index contributed by atoms with van der Waals surface area (Å²) in [4.78, 5) is 88.5. The van der Waals surface area contributed by atoms with Gasteiger partial charge in [-0.1, -0.05) is 177 Å². The first-order chi connectivity index (χ1) is 70.5. The van der Waals surface area contributed by atoms with Crippen molar-refractivity contribution in [1.29, 1.82) is 0 Å². The van der Waals surface area contributed by atoms with Crippen LogP contribution in [-0.4, -0.2) is 135 Å². The van der Waals surface area contributed by atoms with Crippen molar-refractivity contribution in [3.05, 3.63) is 349 Å². The molecule has 26 nitrogen and oxygen atoms in total. The van der Waals surface area contributed by atoms with E-state index in [1.807, 2.05) is 139 Å². The molecule has 2 aromatic heterocycles. The largest absolute Gasteiger partial charge is 0.493 e. The lowest BCUT2D eigenvalue weighted by Gasteiger charge is -2.33. The number of carbonyl (C=O) groups is 6. The van der Waals surface area contributed by atoms with Gasteiger partial charge >= 0.3 is 35.8 Å². The smallest absolute Gasteiger partial charge is 0.338 e. The molecule has 0 aliphatic carbocycles. The molecule has 15 aromatic rings. The Hall–Kier alpha value is -16.1. The molecule has 0 saturated carbocycles. The third-order valence-corrected chi connectivity index (χ3v) is 24.3. The monoisotopic (exact) mass is 1940 g/mol. The van der Waals surface area contributed by atoms with Gasteiger partial charge in [-0.05, 0) is 268 Å². The van der Waals surface area contributed by atoms with Crippen molar-refractivity contribution < 1.29 is 90.4 Å². The molecule has 13 aromatic carbocycles. The van der Waals surface area contributed by atoms with E-state index in [1.54, 1.807) is 155 Å². The summed E-state index contributed by atoms with van der Waals surface area (Å²) in [7, 11) is 0. The molecule has 0 saturated heterocycles. The number of hydrogen-bond donors (Lipinski definition) is 0. The molecular weight excluding hydrogens is 1820 g/mol.